The number of likely N-dealkylation sites (tertiary alicyclic amines) is 1. The Balaban J connectivity index is 1.61. The van der Waals surface area contributed by atoms with Crippen LogP contribution in [0.4, 0.5) is 9.59 Å². The van der Waals surface area contributed by atoms with Crippen molar-refractivity contribution in [2.75, 3.05) is 33.9 Å². The van der Waals surface area contributed by atoms with Crippen molar-refractivity contribution in [3.05, 3.63) is 59.7 Å². The van der Waals surface area contributed by atoms with Gasteiger partial charge in [0.05, 0.1) is 26.8 Å². The van der Waals surface area contributed by atoms with E-state index >= 15 is 0 Å². The van der Waals surface area contributed by atoms with Crippen LogP contribution in [0.25, 0.3) is 0 Å². The second-order valence-electron chi connectivity index (χ2n) is 8.11. The molecule has 2 heterocycles. The molecule has 1 N–H and O–H groups in total. The largest absolute Gasteiger partial charge is 0.497 e. The Morgan fingerprint density at radius 2 is 1.91 bits per heavy atom. The van der Waals surface area contributed by atoms with E-state index in [9.17, 15) is 19.5 Å². The second-order valence-corrected chi connectivity index (χ2v) is 8.11. The Labute approximate surface area is 197 Å². The fraction of sp³-hybridized carbons (Fsp3) is 0.375. The van der Waals surface area contributed by atoms with Crippen LogP contribution in [0, 0.1) is 0 Å². The van der Waals surface area contributed by atoms with Crippen LogP contribution in [0.1, 0.15) is 11.1 Å². The number of nitrogens with zero attached hydrogens (tertiary/aromatic N) is 3. The first-order chi connectivity index (χ1) is 16.4. The van der Waals surface area contributed by atoms with Gasteiger partial charge in [0, 0.05) is 31.3 Å². The van der Waals surface area contributed by atoms with Crippen LogP contribution >= 0.6 is 0 Å². The molecule has 0 radical (unpaired) electrons. The van der Waals surface area contributed by atoms with Crippen molar-refractivity contribution >= 4 is 18.1 Å². The summed E-state index contributed by atoms with van der Waals surface area (Å²) in [4.78, 5) is 41.8. The second kappa shape index (κ2) is 9.90. The van der Waals surface area contributed by atoms with Crippen molar-refractivity contribution in [1.29, 1.82) is 0 Å². The van der Waals surface area contributed by atoms with Crippen LogP contribution in [0.15, 0.2) is 48.5 Å². The van der Waals surface area contributed by atoms with Crippen molar-refractivity contribution < 1.29 is 33.7 Å². The lowest BCUT2D eigenvalue weighted by atomic mass is 9.91. The van der Waals surface area contributed by atoms with Crippen LogP contribution in [0.5, 0.6) is 11.5 Å². The molecule has 2 atom stereocenters. The lowest BCUT2D eigenvalue weighted by Crippen LogP contribution is -2.73. The van der Waals surface area contributed by atoms with Crippen LogP contribution in [0.3, 0.4) is 0 Å². The number of β-lactam (4-membered cyclic amide) rings is 1. The lowest BCUT2D eigenvalue weighted by molar-refractivity contribution is -0.160. The molecule has 0 spiro atoms. The third-order valence-corrected chi connectivity index (χ3v) is 6.17. The molecular formula is C24H27N3O7. The van der Waals surface area contributed by atoms with E-state index in [0.717, 1.165) is 16.0 Å². The summed E-state index contributed by atoms with van der Waals surface area (Å²) in [6.45, 7) is 1.10. The highest BCUT2D eigenvalue weighted by molar-refractivity contribution is 5.92. The monoisotopic (exact) mass is 469 g/mol. The number of carboxylic acid groups (broad SMARTS) is 1. The third-order valence-electron chi connectivity index (χ3n) is 6.17. The first-order valence-corrected chi connectivity index (χ1v) is 10.9. The van der Waals surface area contributed by atoms with Crippen LogP contribution in [-0.2, 0) is 22.6 Å². The summed E-state index contributed by atoms with van der Waals surface area (Å²) in [6.07, 6.45) is -1.66. The van der Waals surface area contributed by atoms with E-state index < -0.39 is 24.3 Å². The molecule has 10 nitrogen and oxygen atoms in total. The molecule has 0 bridgehead atoms. The topological polar surface area (TPSA) is 109 Å². The Hall–Kier alpha value is -3.95. The van der Waals surface area contributed by atoms with Gasteiger partial charge in [0.15, 0.2) is 0 Å². The Bertz CT molecular complexity index is 1060. The molecule has 180 valence electrons. The zero-order chi connectivity index (χ0) is 24.2. The molecule has 2 aliphatic rings. The predicted molar refractivity (Wildman–Crippen MR) is 121 cm³/mol. The van der Waals surface area contributed by atoms with Gasteiger partial charge in [0.25, 0.3) is 0 Å². The van der Waals surface area contributed by atoms with E-state index in [1.165, 1.54) is 12.0 Å². The van der Waals surface area contributed by atoms with Gasteiger partial charge in [0.1, 0.15) is 24.1 Å². The van der Waals surface area contributed by atoms with Crippen molar-refractivity contribution in [2.24, 2.45) is 0 Å². The Morgan fingerprint density at radius 3 is 2.53 bits per heavy atom. The Morgan fingerprint density at radius 1 is 1.15 bits per heavy atom. The normalized spacial score (nSPS) is 19.5. The molecule has 4 rings (SSSR count). The number of methoxy groups -OCH3 is 2. The quantitative estimate of drug-likeness (QED) is 0.562. The van der Waals surface area contributed by atoms with Gasteiger partial charge in [-0.1, -0.05) is 30.3 Å². The van der Waals surface area contributed by atoms with E-state index in [4.69, 9.17) is 14.2 Å². The highest BCUT2D eigenvalue weighted by Crippen LogP contribution is 2.33. The van der Waals surface area contributed by atoms with Crippen molar-refractivity contribution in [3.63, 3.8) is 0 Å². The standard InChI is InChI=1S/C24H27N3O7/c1-32-18-9-8-17(20(12-18)33-2)14-26-19(15-25-10-11-34-24(25)31)21(22(26)28)27(23(29)30)13-16-6-4-3-5-7-16/h3-9,12,19,21H,10-11,13-15H2,1-2H3,(H,29,30)/t19-,21-/m0/s1. The summed E-state index contributed by atoms with van der Waals surface area (Å²) in [7, 11) is 3.08. The number of benzene rings is 2. The van der Waals surface area contributed by atoms with Crippen LogP contribution < -0.4 is 9.47 Å². The summed E-state index contributed by atoms with van der Waals surface area (Å²) < 4.78 is 15.7. The van der Waals surface area contributed by atoms with Crippen molar-refractivity contribution in [2.45, 2.75) is 25.2 Å². The Kier molecular flexibility index (Phi) is 6.76. The third kappa shape index (κ3) is 4.57. The summed E-state index contributed by atoms with van der Waals surface area (Å²) in [6, 6.07) is 12.9. The maximum Gasteiger partial charge on any atom is 0.410 e. The van der Waals surface area contributed by atoms with Gasteiger partial charge in [-0.05, 0) is 17.7 Å². The van der Waals surface area contributed by atoms with Crippen LogP contribution in [0.2, 0.25) is 0 Å². The summed E-state index contributed by atoms with van der Waals surface area (Å²) in [5.41, 5.74) is 1.52. The number of hydrogen-bond donors (Lipinski definition) is 1. The van der Waals surface area contributed by atoms with Gasteiger partial charge in [-0.3, -0.25) is 9.69 Å². The molecule has 0 aromatic heterocycles. The van der Waals surface area contributed by atoms with E-state index in [2.05, 4.69) is 0 Å². The smallest absolute Gasteiger partial charge is 0.410 e. The molecule has 0 saturated carbocycles. The zero-order valence-corrected chi connectivity index (χ0v) is 19.0. The molecule has 34 heavy (non-hydrogen) atoms. The van der Waals surface area contributed by atoms with Gasteiger partial charge in [-0.25, -0.2) is 9.59 Å². The average molecular weight is 469 g/mol. The highest BCUT2D eigenvalue weighted by Gasteiger charge is 2.53. The van der Waals surface area contributed by atoms with Gasteiger partial charge in [-0.2, -0.15) is 0 Å². The number of hydrogen-bond acceptors (Lipinski definition) is 6. The summed E-state index contributed by atoms with van der Waals surface area (Å²) >= 11 is 0. The SMILES string of the molecule is COc1ccc(CN2C(=O)[C@@H](N(Cc3ccccc3)C(=O)O)[C@@H]2CN2CCOC2=O)c(OC)c1. The van der Waals surface area contributed by atoms with Crippen molar-refractivity contribution in [3.8, 4) is 11.5 Å². The van der Waals surface area contributed by atoms with Crippen LogP contribution in [-0.4, -0.2) is 83.9 Å². The molecule has 2 fully saturated rings. The minimum Gasteiger partial charge on any atom is -0.497 e. The van der Waals surface area contributed by atoms with Crippen molar-refractivity contribution in [1.82, 2.24) is 14.7 Å². The molecule has 2 aliphatic heterocycles. The maximum absolute atomic E-state index is 13.3. The first-order valence-electron chi connectivity index (χ1n) is 10.9. The van der Waals surface area contributed by atoms with Gasteiger partial charge < -0.3 is 29.1 Å². The number of amides is 3. The zero-order valence-electron chi connectivity index (χ0n) is 19.0. The predicted octanol–water partition coefficient (Wildman–Crippen LogP) is 2.42. The van der Waals surface area contributed by atoms with Gasteiger partial charge in [-0.15, -0.1) is 0 Å². The molecule has 2 aromatic carbocycles. The molecular weight excluding hydrogens is 442 g/mol. The number of carbonyl (C=O) groups excluding carboxylic acids is 2. The van der Waals surface area contributed by atoms with E-state index in [1.807, 2.05) is 30.3 Å². The molecule has 10 heteroatoms. The van der Waals surface area contributed by atoms with Gasteiger partial charge in [0.2, 0.25) is 5.91 Å². The summed E-state index contributed by atoms with van der Waals surface area (Å²) in [5, 5.41) is 9.95. The van der Waals surface area contributed by atoms with E-state index in [1.54, 1.807) is 30.2 Å². The molecule has 2 saturated heterocycles. The minimum atomic E-state index is -1.20. The number of cyclic esters (lactones) is 1. The fourth-order valence-electron chi connectivity index (χ4n) is 4.37. The molecule has 2 aromatic rings. The highest BCUT2D eigenvalue weighted by atomic mass is 16.6. The average Bonchev–Trinajstić information content (AvgIpc) is 3.26. The number of carbonyl (C=O) groups is 3. The number of rotatable bonds is 9. The molecule has 3 amide bonds. The minimum absolute atomic E-state index is 0.0627. The van der Waals surface area contributed by atoms with E-state index in [-0.39, 0.29) is 32.1 Å². The maximum atomic E-state index is 13.3. The first kappa shape index (κ1) is 23.2. The lowest BCUT2D eigenvalue weighted by Gasteiger charge is -2.51. The fourth-order valence-corrected chi connectivity index (χ4v) is 4.37. The molecule has 0 aliphatic carbocycles. The number of ether oxygens (including phenoxy) is 3. The van der Waals surface area contributed by atoms with Gasteiger partial charge >= 0.3 is 12.2 Å². The summed E-state index contributed by atoms with van der Waals surface area (Å²) in [5.74, 6) is 0.841. The van der Waals surface area contributed by atoms with E-state index in [0.29, 0.717) is 18.0 Å². The molecule has 0 unspecified atom stereocenters.